The second-order valence-corrected chi connectivity index (χ2v) is 9.77. The van der Waals surface area contributed by atoms with Crippen LogP contribution < -0.4 is 10.6 Å². The third-order valence-electron chi connectivity index (χ3n) is 7.47. The zero-order chi connectivity index (χ0) is 23.7. The molecular weight excluding hydrogens is 432 g/mol. The molecule has 0 bridgehead atoms. The lowest BCUT2D eigenvalue weighted by Gasteiger charge is -2.46. The number of Topliss-reactive ketones (excluding diaryl/α,β-unsaturated/α-hetero) is 1. The maximum absolute atomic E-state index is 13.1. The van der Waals surface area contributed by atoms with Crippen LogP contribution in [0, 0.1) is 5.92 Å². The monoisotopic (exact) mass is 462 g/mol. The van der Waals surface area contributed by atoms with Gasteiger partial charge in [0.15, 0.2) is 0 Å². The summed E-state index contributed by atoms with van der Waals surface area (Å²) < 4.78 is 5.26. The predicted octanol–water partition coefficient (Wildman–Crippen LogP) is 3.64. The summed E-state index contributed by atoms with van der Waals surface area (Å²) in [6, 6.07) is 17.1. The van der Waals surface area contributed by atoms with Crippen LogP contribution in [-0.2, 0) is 25.7 Å². The van der Waals surface area contributed by atoms with Crippen molar-refractivity contribution >= 4 is 23.4 Å². The van der Waals surface area contributed by atoms with Crippen LogP contribution in [0.2, 0.25) is 0 Å². The number of ether oxygens (including phenoxy) is 1. The van der Waals surface area contributed by atoms with Gasteiger partial charge in [0.05, 0.1) is 0 Å². The van der Waals surface area contributed by atoms with Crippen LogP contribution in [0.5, 0.6) is 0 Å². The van der Waals surface area contributed by atoms with E-state index in [0.717, 1.165) is 48.9 Å². The summed E-state index contributed by atoms with van der Waals surface area (Å²) in [6.07, 6.45) is 4.13. The molecule has 7 heteroatoms. The van der Waals surface area contributed by atoms with Gasteiger partial charge < -0.3 is 15.2 Å². The molecule has 2 aromatic rings. The lowest BCUT2D eigenvalue weighted by atomic mass is 9.65. The van der Waals surface area contributed by atoms with E-state index in [-0.39, 0.29) is 24.6 Å². The van der Waals surface area contributed by atoms with E-state index in [9.17, 15) is 19.5 Å². The van der Waals surface area contributed by atoms with Crippen molar-refractivity contribution < 1.29 is 24.2 Å². The number of carbonyl (C=O) groups excluding carboxylic acids is 2. The first kappa shape index (κ1) is 22.6. The lowest BCUT2D eigenvalue weighted by molar-refractivity contribution is -0.158. The summed E-state index contributed by atoms with van der Waals surface area (Å²) in [5.74, 6) is -3.25. The molecule has 34 heavy (non-hydrogen) atoms. The van der Waals surface area contributed by atoms with E-state index in [1.54, 1.807) is 12.1 Å². The highest BCUT2D eigenvalue weighted by atomic mass is 16.5. The topological polar surface area (TPSA) is 105 Å². The number of anilines is 1. The molecule has 3 aliphatic rings. The van der Waals surface area contributed by atoms with Gasteiger partial charge in [-0.3, -0.25) is 14.9 Å². The first-order valence-electron chi connectivity index (χ1n) is 12.1. The second kappa shape index (κ2) is 9.22. The number of aliphatic carboxylic acids is 1. The SMILES string of the molecule is O=C(CC(NC1CC1)(C(=O)O)C1c2ccccc2N[C@@H]2CCC[C@H]12)C(=O)OCc1ccccc1. The highest BCUT2D eigenvalue weighted by molar-refractivity contribution is 6.34. The molecule has 2 fully saturated rings. The Balaban J connectivity index is 1.46. The molecule has 0 amide bonds. The smallest absolute Gasteiger partial charge is 0.375 e. The fraction of sp³-hybridized carbons (Fsp3) is 0.444. The molecule has 3 N–H and O–H groups in total. The number of carboxylic acid groups (broad SMARTS) is 1. The molecule has 2 aliphatic carbocycles. The number of esters is 1. The summed E-state index contributed by atoms with van der Waals surface area (Å²) in [5.41, 5.74) is 1.00. The van der Waals surface area contributed by atoms with E-state index in [2.05, 4.69) is 10.6 Å². The first-order valence-corrected chi connectivity index (χ1v) is 12.1. The third kappa shape index (κ3) is 4.32. The van der Waals surface area contributed by atoms with Crippen molar-refractivity contribution in [2.75, 3.05) is 5.32 Å². The van der Waals surface area contributed by atoms with Crippen molar-refractivity contribution in [3.63, 3.8) is 0 Å². The average molecular weight is 463 g/mol. The molecule has 7 nitrogen and oxygen atoms in total. The zero-order valence-corrected chi connectivity index (χ0v) is 19.0. The largest absolute Gasteiger partial charge is 0.480 e. The first-order chi connectivity index (χ1) is 16.5. The minimum absolute atomic E-state index is 0.0254. The Kier molecular flexibility index (Phi) is 6.13. The quantitative estimate of drug-likeness (QED) is 0.386. The summed E-state index contributed by atoms with van der Waals surface area (Å²) in [6.45, 7) is -0.0254. The number of benzene rings is 2. The van der Waals surface area contributed by atoms with E-state index in [4.69, 9.17) is 4.74 Å². The van der Waals surface area contributed by atoms with Crippen LogP contribution in [0.15, 0.2) is 54.6 Å². The number of nitrogens with one attached hydrogen (secondary N) is 2. The molecule has 0 spiro atoms. The van der Waals surface area contributed by atoms with Crippen LogP contribution in [0.3, 0.4) is 0 Å². The fourth-order valence-electron chi connectivity index (χ4n) is 5.77. The number of rotatable bonds is 9. The number of hydrogen-bond donors (Lipinski definition) is 3. The van der Waals surface area contributed by atoms with E-state index in [1.807, 2.05) is 42.5 Å². The highest BCUT2D eigenvalue weighted by Crippen LogP contribution is 2.52. The van der Waals surface area contributed by atoms with Gasteiger partial charge in [0.2, 0.25) is 5.78 Å². The van der Waals surface area contributed by atoms with E-state index in [0.29, 0.717) is 0 Å². The Bertz CT molecular complexity index is 1080. The third-order valence-corrected chi connectivity index (χ3v) is 7.47. The van der Waals surface area contributed by atoms with Gasteiger partial charge in [-0.05, 0) is 48.8 Å². The second-order valence-electron chi connectivity index (χ2n) is 9.77. The van der Waals surface area contributed by atoms with Crippen molar-refractivity contribution in [3.8, 4) is 0 Å². The molecule has 5 rings (SSSR count). The summed E-state index contributed by atoms with van der Waals surface area (Å²) in [5, 5.41) is 17.6. The standard InChI is InChI=1S/C27H30N2O5/c30-23(25(31)34-16-17-7-2-1-3-8-17)15-27(26(32)33,29-18-13-14-18)24-19-9-4-5-11-21(19)28-22-12-6-10-20(22)24/h1-5,7-9,11,18,20,22,24,28-29H,6,10,12-16H2,(H,32,33)/t20-,22+,24?,27?/m0/s1. The summed E-state index contributed by atoms with van der Waals surface area (Å²) in [7, 11) is 0. The fourth-order valence-corrected chi connectivity index (χ4v) is 5.77. The van der Waals surface area contributed by atoms with Crippen LogP contribution in [0.4, 0.5) is 5.69 Å². The van der Waals surface area contributed by atoms with E-state index < -0.39 is 35.6 Å². The summed E-state index contributed by atoms with van der Waals surface area (Å²) >= 11 is 0. The number of ketones is 1. The van der Waals surface area contributed by atoms with Gasteiger partial charge in [-0.15, -0.1) is 0 Å². The Labute approximate surface area is 198 Å². The van der Waals surface area contributed by atoms with Crippen LogP contribution in [0.25, 0.3) is 0 Å². The minimum atomic E-state index is -1.57. The van der Waals surface area contributed by atoms with Crippen LogP contribution in [-0.4, -0.2) is 40.5 Å². The minimum Gasteiger partial charge on any atom is -0.480 e. The Morgan fingerprint density at radius 3 is 2.47 bits per heavy atom. The maximum Gasteiger partial charge on any atom is 0.375 e. The van der Waals surface area contributed by atoms with Crippen molar-refractivity contribution in [2.24, 2.45) is 5.92 Å². The maximum atomic E-state index is 13.1. The molecule has 2 saturated carbocycles. The predicted molar refractivity (Wildman–Crippen MR) is 126 cm³/mol. The number of carbonyl (C=O) groups is 3. The highest BCUT2D eigenvalue weighted by Gasteiger charge is 2.57. The van der Waals surface area contributed by atoms with Crippen molar-refractivity contribution in [1.29, 1.82) is 0 Å². The number of para-hydroxylation sites is 1. The number of carboxylic acids is 1. The molecule has 178 valence electrons. The molecule has 2 aromatic carbocycles. The Morgan fingerprint density at radius 1 is 1.00 bits per heavy atom. The van der Waals surface area contributed by atoms with Gasteiger partial charge in [0, 0.05) is 30.1 Å². The van der Waals surface area contributed by atoms with Gasteiger partial charge in [-0.1, -0.05) is 55.0 Å². The van der Waals surface area contributed by atoms with Gasteiger partial charge in [-0.2, -0.15) is 0 Å². The van der Waals surface area contributed by atoms with Gasteiger partial charge in [0.1, 0.15) is 12.1 Å². The molecule has 0 radical (unpaired) electrons. The Morgan fingerprint density at radius 2 is 1.74 bits per heavy atom. The van der Waals surface area contributed by atoms with Crippen LogP contribution >= 0.6 is 0 Å². The van der Waals surface area contributed by atoms with E-state index >= 15 is 0 Å². The molecule has 0 saturated heterocycles. The van der Waals surface area contributed by atoms with Gasteiger partial charge in [-0.25, -0.2) is 4.79 Å². The summed E-state index contributed by atoms with van der Waals surface area (Å²) in [4.78, 5) is 38.8. The molecule has 0 aromatic heterocycles. The molecule has 2 unspecified atom stereocenters. The normalized spacial score (nSPS) is 24.8. The van der Waals surface area contributed by atoms with Gasteiger partial charge in [0.25, 0.3) is 0 Å². The lowest BCUT2D eigenvalue weighted by Crippen LogP contribution is -2.62. The average Bonchev–Trinajstić information content (AvgIpc) is 3.54. The molecule has 1 aliphatic heterocycles. The van der Waals surface area contributed by atoms with Gasteiger partial charge >= 0.3 is 11.9 Å². The zero-order valence-electron chi connectivity index (χ0n) is 19.0. The Hall–Kier alpha value is -3.19. The molecule has 1 heterocycles. The van der Waals surface area contributed by atoms with E-state index in [1.165, 1.54) is 0 Å². The molecule has 4 atom stereocenters. The van der Waals surface area contributed by atoms with Crippen molar-refractivity contribution in [1.82, 2.24) is 5.32 Å². The number of hydrogen-bond acceptors (Lipinski definition) is 6. The van der Waals surface area contributed by atoms with Crippen molar-refractivity contribution in [2.45, 2.75) is 68.7 Å². The van der Waals surface area contributed by atoms with Crippen molar-refractivity contribution in [3.05, 3.63) is 65.7 Å². The molecular formula is C27H30N2O5. The number of fused-ring (bicyclic) bond motifs is 2. The van der Waals surface area contributed by atoms with Crippen LogP contribution in [0.1, 0.15) is 55.6 Å².